The van der Waals surface area contributed by atoms with Gasteiger partial charge in [-0.05, 0) is 37.8 Å². The lowest BCUT2D eigenvalue weighted by Gasteiger charge is -2.48. The molecule has 6 heteroatoms. The molecule has 144 valence electrons. The van der Waals surface area contributed by atoms with Crippen LogP contribution in [-0.2, 0) is 4.79 Å². The van der Waals surface area contributed by atoms with Gasteiger partial charge in [-0.2, -0.15) is 0 Å². The summed E-state index contributed by atoms with van der Waals surface area (Å²) in [5.74, 6) is 0.323. The number of aromatic nitrogens is 2. The Balaban J connectivity index is 1.52. The number of pyridine rings is 1. The summed E-state index contributed by atoms with van der Waals surface area (Å²) in [6, 6.07) is 5.75. The number of piperidine rings is 2. The average molecular weight is 368 g/mol. The fourth-order valence-corrected chi connectivity index (χ4v) is 4.62. The van der Waals surface area contributed by atoms with E-state index in [1.54, 1.807) is 6.20 Å². The van der Waals surface area contributed by atoms with Gasteiger partial charge in [-0.1, -0.05) is 19.4 Å². The summed E-state index contributed by atoms with van der Waals surface area (Å²) in [5.41, 5.74) is 1.47. The topological polar surface area (TPSA) is 57.9 Å². The van der Waals surface area contributed by atoms with Gasteiger partial charge in [0.2, 0.25) is 5.91 Å². The zero-order valence-electron chi connectivity index (χ0n) is 16.1. The summed E-state index contributed by atoms with van der Waals surface area (Å²) >= 11 is 0. The quantitative estimate of drug-likeness (QED) is 0.834. The molecule has 2 aromatic rings. The number of rotatable bonds is 4. The summed E-state index contributed by atoms with van der Waals surface area (Å²) in [6.45, 7) is 5.31. The normalized spacial score (nSPS) is 23.4. The SMILES string of the molecule is CCCCN1C[C@@]2(CCCN(C(=O)c3cnc4ccccn34)C2)CCC1=O. The number of carbonyl (C=O) groups is 2. The maximum absolute atomic E-state index is 13.2. The highest BCUT2D eigenvalue weighted by molar-refractivity contribution is 5.93. The molecule has 2 amide bonds. The van der Waals surface area contributed by atoms with Gasteiger partial charge >= 0.3 is 0 Å². The van der Waals surface area contributed by atoms with E-state index in [2.05, 4.69) is 11.9 Å². The number of amides is 2. The Morgan fingerprint density at radius 1 is 1.26 bits per heavy atom. The van der Waals surface area contributed by atoms with Gasteiger partial charge in [-0.25, -0.2) is 4.98 Å². The van der Waals surface area contributed by atoms with E-state index in [-0.39, 0.29) is 17.2 Å². The Morgan fingerprint density at radius 2 is 2.15 bits per heavy atom. The third-order valence-corrected chi connectivity index (χ3v) is 6.11. The van der Waals surface area contributed by atoms with E-state index in [0.717, 1.165) is 63.9 Å². The molecule has 0 saturated carbocycles. The van der Waals surface area contributed by atoms with Crippen LogP contribution in [0.3, 0.4) is 0 Å². The highest BCUT2D eigenvalue weighted by atomic mass is 16.2. The predicted octanol–water partition coefficient (Wildman–Crippen LogP) is 2.98. The van der Waals surface area contributed by atoms with Crippen LogP contribution >= 0.6 is 0 Å². The highest BCUT2D eigenvalue weighted by Crippen LogP contribution is 2.39. The summed E-state index contributed by atoms with van der Waals surface area (Å²) < 4.78 is 1.86. The van der Waals surface area contributed by atoms with Crippen LogP contribution in [0.1, 0.15) is 55.9 Å². The minimum atomic E-state index is 0.0461. The second kappa shape index (κ2) is 7.33. The molecule has 0 N–H and O–H groups in total. The molecule has 1 atom stereocenters. The van der Waals surface area contributed by atoms with Crippen molar-refractivity contribution < 1.29 is 9.59 Å². The Bertz CT molecular complexity index is 846. The molecule has 0 unspecified atom stereocenters. The fourth-order valence-electron chi connectivity index (χ4n) is 4.62. The molecule has 6 nitrogen and oxygen atoms in total. The molecule has 0 aliphatic carbocycles. The first-order valence-electron chi connectivity index (χ1n) is 10.1. The molecule has 27 heavy (non-hydrogen) atoms. The van der Waals surface area contributed by atoms with E-state index in [9.17, 15) is 9.59 Å². The smallest absolute Gasteiger partial charge is 0.272 e. The van der Waals surface area contributed by atoms with Crippen LogP contribution in [-0.4, -0.2) is 57.2 Å². The van der Waals surface area contributed by atoms with E-state index in [1.165, 1.54) is 0 Å². The maximum Gasteiger partial charge on any atom is 0.272 e. The van der Waals surface area contributed by atoms with Gasteiger partial charge < -0.3 is 9.80 Å². The molecular formula is C21H28N4O2. The van der Waals surface area contributed by atoms with Crippen molar-refractivity contribution in [2.45, 2.75) is 45.4 Å². The second-order valence-electron chi connectivity index (χ2n) is 8.07. The van der Waals surface area contributed by atoms with Gasteiger partial charge in [0.1, 0.15) is 11.3 Å². The maximum atomic E-state index is 13.2. The van der Waals surface area contributed by atoms with E-state index >= 15 is 0 Å². The summed E-state index contributed by atoms with van der Waals surface area (Å²) in [4.78, 5) is 33.9. The van der Waals surface area contributed by atoms with Crippen LogP contribution in [0.4, 0.5) is 0 Å². The second-order valence-corrected chi connectivity index (χ2v) is 8.07. The summed E-state index contributed by atoms with van der Waals surface area (Å²) in [6.07, 6.45) is 9.31. The lowest BCUT2D eigenvalue weighted by molar-refractivity contribution is -0.139. The number of imidazole rings is 1. The third-order valence-electron chi connectivity index (χ3n) is 6.11. The van der Waals surface area contributed by atoms with Crippen molar-refractivity contribution >= 4 is 17.5 Å². The molecule has 0 bridgehead atoms. The van der Waals surface area contributed by atoms with Gasteiger partial charge in [0.15, 0.2) is 0 Å². The van der Waals surface area contributed by atoms with E-state index in [4.69, 9.17) is 0 Å². The van der Waals surface area contributed by atoms with Gasteiger partial charge in [-0.3, -0.25) is 14.0 Å². The highest BCUT2D eigenvalue weighted by Gasteiger charge is 2.42. The van der Waals surface area contributed by atoms with E-state index < -0.39 is 0 Å². The van der Waals surface area contributed by atoms with E-state index in [1.807, 2.05) is 38.6 Å². The van der Waals surface area contributed by atoms with Crippen molar-refractivity contribution in [1.29, 1.82) is 0 Å². The van der Waals surface area contributed by atoms with E-state index in [0.29, 0.717) is 12.1 Å². The summed E-state index contributed by atoms with van der Waals surface area (Å²) in [7, 11) is 0. The summed E-state index contributed by atoms with van der Waals surface area (Å²) in [5, 5.41) is 0. The number of likely N-dealkylation sites (tertiary alicyclic amines) is 2. The first-order chi connectivity index (χ1) is 13.1. The minimum Gasteiger partial charge on any atom is -0.342 e. The van der Waals surface area contributed by atoms with Crippen LogP contribution in [0.5, 0.6) is 0 Å². The Labute approximate surface area is 160 Å². The van der Waals surface area contributed by atoms with Crippen molar-refractivity contribution in [3.05, 3.63) is 36.3 Å². The lowest BCUT2D eigenvalue weighted by Crippen LogP contribution is -2.55. The predicted molar refractivity (Wildman–Crippen MR) is 103 cm³/mol. The first-order valence-corrected chi connectivity index (χ1v) is 10.1. The molecule has 2 aliphatic heterocycles. The zero-order valence-corrected chi connectivity index (χ0v) is 16.1. The van der Waals surface area contributed by atoms with Gasteiger partial charge in [-0.15, -0.1) is 0 Å². The first kappa shape index (κ1) is 18.0. The molecule has 2 aliphatic rings. The standard InChI is InChI=1S/C21H28N4O2/c1-2-3-11-23-15-21(10-8-19(23)26)9-6-12-24(16-21)20(27)17-14-22-18-7-4-5-13-25(17)18/h4-5,7,13-14H,2-3,6,8-12,15-16H2,1H3/t21-/m1/s1. The number of hydrogen-bond donors (Lipinski definition) is 0. The number of unbranched alkanes of at least 4 members (excludes halogenated alkanes) is 1. The van der Waals surface area contributed by atoms with Gasteiger partial charge in [0.25, 0.3) is 5.91 Å². The number of nitrogens with zero attached hydrogens (tertiary/aromatic N) is 4. The number of carbonyl (C=O) groups excluding carboxylic acids is 2. The number of hydrogen-bond acceptors (Lipinski definition) is 3. The average Bonchev–Trinajstić information content (AvgIpc) is 3.12. The molecule has 4 heterocycles. The van der Waals surface area contributed by atoms with Crippen molar-refractivity contribution in [2.24, 2.45) is 5.41 Å². The van der Waals surface area contributed by atoms with Crippen molar-refractivity contribution in [1.82, 2.24) is 19.2 Å². The zero-order chi connectivity index (χ0) is 18.9. The Morgan fingerprint density at radius 3 is 3.00 bits per heavy atom. The largest absolute Gasteiger partial charge is 0.342 e. The lowest BCUT2D eigenvalue weighted by atomic mass is 9.73. The van der Waals surface area contributed by atoms with Crippen LogP contribution in [0.15, 0.2) is 30.6 Å². The minimum absolute atomic E-state index is 0.0461. The molecule has 1 spiro atoms. The molecule has 0 aromatic carbocycles. The molecule has 2 saturated heterocycles. The van der Waals surface area contributed by atoms with Gasteiger partial charge in [0, 0.05) is 44.2 Å². The molecule has 4 rings (SSSR count). The fraction of sp³-hybridized carbons (Fsp3) is 0.571. The molecular weight excluding hydrogens is 340 g/mol. The van der Waals surface area contributed by atoms with Crippen LogP contribution in [0, 0.1) is 5.41 Å². The van der Waals surface area contributed by atoms with Crippen molar-refractivity contribution in [3.8, 4) is 0 Å². The van der Waals surface area contributed by atoms with Crippen LogP contribution in [0.2, 0.25) is 0 Å². The molecule has 2 fully saturated rings. The van der Waals surface area contributed by atoms with Crippen molar-refractivity contribution in [2.75, 3.05) is 26.2 Å². The third kappa shape index (κ3) is 3.45. The Hall–Kier alpha value is -2.37. The van der Waals surface area contributed by atoms with Crippen LogP contribution < -0.4 is 0 Å². The monoisotopic (exact) mass is 368 g/mol. The number of fused-ring (bicyclic) bond motifs is 1. The molecule has 2 aromatic heterocycles. The van der Waals surface area contributed by atoms with Gasteiger partial charge in [0.05, 0.1) is 6.20 Å². The van der Waals surface area contributed by atoms with Crippen molar-refractivity contribution in [3.63, 3.8) is 0 Å². The van der Waals surface area contributed by atoms with Crippen LogP contribution in [0.25, 0.3) is 5.65 Å². The Kier molecular flexibility index (Phi) is 4.89. The molecule has 0 radical (unpaired) electrons.